The first-order valence-electron chi connectivity index (χ1n) is 5.58. The molecular weight excluding hydrogens is 244 g/mol. The van der Waals surface area contributed by atoms with E-state index in [2.05, 4.69) is 9.47 Å². The molecule has 2 fully saturated rings. The van der Waals surface area contributed by atoms with Gasteiger partial charge in [-0.15, -0.1) is 0 Å². The fraction of sp³-hybridized carbons (Fsp3) is 0.700. The summed E-state index contributed by atoms with van der Waals surface area (Å²) in [5, 5.41) is 9.24. The number of carbonyl (C=O) groups is 3. The molecule has 0 amide bonds. The van der Waals surface area contributed by atoms with Crippen molar-refractivity contribution in [3.05, 3.63) is 0 Å². The number of ether oxygens (including phenoxy) is 2. The van der Waals surface area contributed by atoms with E-state index < -0.39 is 24.2 Å². The summed E-state index contributed by atoms with van der Waals surface area (Å²) in [6.45, 7) is 1.37. The Morgan fingerprint density at radius 2 is 1.56 bits per heavy atom. The highest BCUT2D eigenvalue weighted by atomic mass is 16.6. The molecule has 2 rings (SSSR count). The van der Waals surface area contributed by atoms with Crippen molar-refractivity contribution in [1.82, 2.24) is 9.80 Å². The molecule has 0 saturated carbocycles. The molecular formula is C10H14N2O6. The number of hydrogen-bond donors (Lipinski definition) is 1. The van der Waals surface area contributed by atoms with Gasteiger partial charge < -0.3 is 14.6 Å². The lowest BCUT2D eigenvalue weighted by molar-refractivity contribution is -0.184. The number of esters is 3. The van der Waals surface area contributed by atoms with Gasteiger partial charge in [-0.1, -0.05) is 0 Å². The molecule has 0 spiro atoms. The van der Waals surface area contributed by atoms with E-state index in [1.807, 2.05) is 0 Å². The van der Waals surface area contributed by atoms with E-state index in [1.54, 1.807) is 9.80 Å². The Morgan fingerprint density at radius 1 is 1.00 bits per heavy atom. The largest absolute Gasteiger partial charge is 0.434 e. The van der Waals surface area contributed by atoms with E-state index in [-0.39, 0.29) is 26.2 Å². The lowest BCUT2D eigenvalue weighted by atomic mass is 10.3. The van der Waals surface area contributed by atoms with E-state index in [9.17, 15) is 19.5 Å². The number of nitrogens with zero attached hydrogens (tertiary/aromatic N) is 2. The number of carbonyl (C=O) groups excluding carboxylic acids is 3. The van der Waals surface area contributed by atoms with Crippen molar-refractivity contribution in [2.45, 2.75) is 6.29 Å². The minimum absolute atomic E-state index is 0.0621. The van der Waals surface area contributed by atoms with Gasteiger partial charge in [0.2, 0.25) is 6.29 Å². The zero-order chi connectivity index (χ0) is 13.1. The van der Waals surface area contributed by atoms with Gasteiger partial charge >= 0.3 is 17.9 Å². The summed E-state index contributed by atoms with van der Waals surface area (Å²) < 4.78 is 8.97. The maximum absolute atomic E-state index is 11.1. The molecule has 2 heterocycles. The second-order valence-corrected chi connectivity index (χ2v) is 4.24. The second kappa shape index (κ2) is 5.42. The standard InChI is InChI=1S/C10H14N2O6/c13-7-3-11(4-8(14)17-7)1-2-12-5-9(15)18-10(16)6-12/h7,13H,1-6H2. The molecule has 100 valence electrons. The summed E-state index contributed by atoms with van der Waals surface area (Å²) in [5.74, 6) is -1.61. The lowest BCUT2D eigenvalue weighted by Crippen LogP contribution is -2.50. The van der Waals surface area contributed by atoms with Crippen molar-refractivity contribution >= 4 is 17.9 Å². The summed E-state index contributed by atoms with van der Waals surface area (Å²) >= 11 is 0. The summed E-state index contributed by atoms with van der Waals surface area (Å²) in [5.41, 5.74) is 0. The van der Waals surface area contributed by atoms with Crippen LogP contribution >= 0.6 is 0 Å². The predicted molar refractivity (Wildman–Crippen MR) is 56.1 cm³/mol. The summed E-state index contributed by atoms with van der Waals surface area (Å²) in [7, 11) is 0. The third-order valence-electron chi connectivity index (χ3n) is 2.70. The molecule has 1 atom stereocenters. The van der Waals surface area contributed by atoms with Gasteiger partial charge in [-0.3, -0.25) is 24.2 Å². The van der Waals surface area contributed by atoms with Crippen LogP contribution in [-0.4, -0.2) is 78.4 Å². The van der Waals surface area contributed by atoms with Gasteiger partial charge in [0.15, 0.2) is 0 Å². The van der Waals surface area contributed by atoms with E-state index in [0.717, 1.165) is 0 Å². The highest BCUT2D eigenvalue weighted by Crippen LogP contribution is 2.05. The Morgan fingerprint density at radius 3 is 2.17 bits per heavy atom. The van der Waals surface area contributed by atoms with Crippen molar-refractivity contribution < 1.29 is 29.0 Å². The summed E-state index contributed by atoms with van der Waals surface area (Å²) in [6.07, 6.45) is -1.11. The third-order valence-corrected chi connectivity index (χ3v) is 2.70. The number of cyclic esters (lactones) is 3. The average molecular weight is 258 g/mol. The van der Waals surface area contributed by atoms with Crippen LogP contribution in [0.3, 0.4) is 0 Å². The predicted octanol–water partition coefficient (Wildman–Crippen LogP) is -2.45. The van der Waals surface area contributed by atoms with Crippen LogP contribution in [0, 0.1) is 0 Å². The molecule has 0 aliphatic carbocycles. The maximum atomic E-state index is 11.1. The lowest BCUT2D eigenvalue weighted by Gasteiger charge is -2.31. The highest BCUT2D eigenvalue weighted by Gasteiger charge is 2.28. The average Bonchev–Trinajstić information content (AvgIpc) is 2.23. The Balaban J connectivity index is 1.78. The van der Waals surface area contributed by atoms with Crippen LogP contribution in [0.2, 0.25) is 0 Å². The molecule has 0 aromatic heterocycles. The van der Waals surface area contributed by atoms with Gasteiger partial charge in [-0.2, -0.15) is 0 Å². The Hall–Kier alpha value is -1.51. The molecule has 18 heavy (non-hydrogen) atoms. The highest BCUT2D eigenvalue weighted by molar-refractivity contribution is 5.90. The van der Waals surface area contributed by atoms with Crippen molar-refractivity contribution in [3.8, 4) is 0 Å². The number of morpholine rings is 2. The number of β-amino-alcohol motifs (C(OH)–C–C–N with tert-alkyl or cyclic N) is 1. The van der Waals surface area contributed by atoms with Gasteiger partial charge in [-0.05, 0) is 0 Å². The molecule has 2 aliphatic rings. The van der Waals surface area contributed by atoms with Gasteiger partial charge in [0.1, 0.15) is 0 Å². The molecule has 0 aromatic carbocycles. The normalized spacial score (nSPS) is 26.9. The van der Waals surface area contributed by atoms with Crippen LogP contribution in [-0.2, 0) is 23.9 Å². The van der Waals surface area contributed by atoms with Crippen LogP contribution in [0.15, 0.2) is 0 Å². The number of aliphatic hydroxyl groups excluding tert-OH is 1. The quantitative estimate of drug-likeness (QED) is 0.440. The number of rotatable bonds is 3. The van der Waals surface area contributed by atoms with Crippen molar-refractivity contribution in [3.63, 3.8) is 0 Å². The van der Waals surface area contributed by atoms with Gasteiger partial charge in [0, 0.05) is 13.1 Å². The van der Waals surface area contributed by atoms with E-state index >= 15 is 0 Å². The smallest absolute Gasteiger partial charge is 0.327 e. The molecule has 8 nitrogen and oxygen atoms in total. The van der Waals surface area contributed by atoms with Crippen molar-refractivity contribution in [2.75, 3.05) is 39.3 Å². The molecule has 0 aromatic rings. The van der Waals surface area contributed by atoms with E-state index in [0.29, 0.717) is 13.1 Å². The van der Waals surface area contributed by atoms with Crippen LogP contribution in [0.25, 0.3) is 0 Å². The van der Waals surface area contributed by atoms with Crippen LogP contribution in [0.5, 0.6) is 0 Å². The first-order chi connectivity index (χ1) is 8.52. The SMILES string of the molecule is O=C1CN(CCN2CC(=O)OC(O)C2)CC(=O)O1. The van der Waals surface area contributed by atoms with Gasteiger partial charge in [0.05, 0.1) is 26.2 Å². The fourth-order valence-corrected chi connectivity index (χ4v) is 1.92. The van der Waals surface area contributed by atoms with E-state index in [1.165, 1.54) is 0 Å². The molecule has 0 bridgehead atoms. The summed E-state index contributed by atoms with van der Waals surface area (Å²) in [4.78, 5) is 36.5. The minimum Gasteiger partial charge on any atom is -0.434 e. The number of hydrogen-bond acceptors (Lipinski definition) is 8. The monoisotopic (exact) mass is 258 g/mol. The number of aliphatic hydroxyl groups is 1. The Labute approximate surface area is 103 Å². The van der Waals surface area contributed by atoms with Crippen LogP contribution < -0.4 is 0 Å². The Kier molecular flexibility index (Phi) is 3.90. The van der Waals surface area contributed by atoms with Gasteiger partial charge in [0.25, 0.3) is 0 Å². The fourth-order valence-electron chi connectivity index (χ4n) is 1.92. The van der Waals surface area contributed by atoms with E-state index in [4.69, 9.17) is 0 Å². The molecule has 2 aliphatic heterocycles. The Bertz CT molecular complexity index is 355. The molecule has 0 radical (unpaired) electrons. The molecule has 2 saturated heterocycles. The first-order valence-corrected chi connectivity index (χ1v) is 5.58. The minimum atomic E-state index is -1.11. The summed E-state index contributed by atoms with van der Waals surface area (Å²) in [6, 6.07) is 0. The first kappa shape index (κ1) is 12.9. The van der Waals surface area contributed by atoms with Gasteiger partial charge in [-0.25, -0.2) is 0 Å². The topological polar surface area (TPSA) is 96.4 Å². The van der Waals surface area contributed by atoms with Crippen LogP contribution in [0.1, 0.15) is 0 Å². The maximum Gasteiger partial charge on any atom is 0.327 e. The van der Waals surface area contributed by atoms with Crippen molar-refractivity contribution in [1.29, 1.82) is 0 Å². The van der Waals surface area contributed by atoms with Crippen molar-refractivity contribution in [2.24, 2.45) is 0 Å². The molecule has 1 N–H and O–H groups in total. The second-order valence-electron chi connectivity index (χ2n) is 4.24. The van der Waals surface area contributed by atoms with Crippen LogP contribution in [0.4, 0.5) is 0 Å². The zero-order valence-electron chi connectivity index (χ0n) is 9.70. The molecule has 8 heteroatoms. The third kappa shape index (κ3) is 3.49. The zero-order valence-corrected chi connectivity index (χ0v) is 9.70. The molecule has 1 unspecified atom stereocenters.